The van der Waals surface area contributed by atoms with Gasteiger partial charge >= 0.3 is 6.18 Å². The molecule has 7 heteroatoms. The minimum Gasteiger partial charge on any atom is -0.315 e. The topological polar surface area (TPSA) is 30.2 Å². The Morgan fingerprint density at radius 2 is 1.92 bits per heavy atom. The molecule has 0 unspecified atom stereocenters. The Bertz CT molecular complexity index is 989. The molecule has 2 aromatic heterocycles. The van der Waals surface area contributed by atoms with Crippen LogP contribution in [0.25, 0.3) is 5.69 Å². The van der Waals surface area contributed by atoms with E-state index < -0.39 is 11.9 Å². The van der Waals surface area contributed by atoms with Gasteiger partial charge in [0.05, 0.1) is 23.6 Å². The van der Waals surface area contributed by atoms with Crippen molar-refractivity contribution in [1.82, 2.24) is 9.55 Å². The van der Waals surface area contributed by atoms with Gasteiger partial charge in [-0.25, -0.2) is 0 Å². The normalized spacial score (nSPS) is 13.7. The molecule has 126 valence electrons. The third kappa shape index (κ3) is 2.72. The van der Waals surface area contributed by atoms with Crippen LogP contribution in [0.2, 0.25) is 5.02 Å². The van der Waals surface area contributed by atoms with Gasteiger partial charge < -0.3 is 4.57 Å². The lowest BCUT2D eigenvalue weighted by molar-refractivity contribution is -0.141. The Balaban J connectivity index is 1.90. The van der Waals surface area contributed by atoms with Crippen molar-refractivity contribution in [1.29, 1.82) is 0 Å². The van der Waals surface area contributed by atoms with Gasteiger partial charge in [0, 0.05) is 28.5 Å². The lowest BCUT2D eigenvalue weighted by Crippen LogP contribution is -2.12. The smallest absolute Gasteiger partial charge is 0.315 e. The van der Waals surface area contributed by atoms with Gasteiger partial charge in [-0.15, -0.1) is 0 Å². The molecule has 0 bridgehead atoms. The summed E-state index contributed by atoms with van der Waals surface area (Å²) in [4.78, 5) is 7.97. The van der Waals surface area contributed by atoms with Gasteiger partial charge in [-0.2, -0.15) is 13.2 Å². The highest BCUT2D eigenvalue weighted by Gasteiger charge is 2.33. The van der Waals surface area contributed by atoms with E-state index in [1.54, 1.807) is 6.07 Å². The van der Waals surface area contributed by atoms with E-state index in [9.17, 15) is 13.2 Å². The fourth-order valence-electron chi connectivity index (χ4n) is 2.92. The van der Waals surface area contributed by atoms with Gasteiger partial charge in [0.1, 0.15) is 5.69 Å². The van der Waals surface area contributed by atoms with Crippen LogP contribution in [-0.2, 0) is 12.7 Å². The summed E-state index contributed by atoms with van der Waals surface area (Å²) in [5.74, 6) is 0. The maximum atomic E-state index is 13.0. The average Bonchev–Trinajstić information content (AvgIpc) is 2.99. The molecule has 4 rings (SSSR count). The summed E-state index contributed by atoms with van der Waals surface area (Å²) in [6.07, 6.45) is -1.51. The van der Waals surface area contributed by atoms with E-state index in [4.69, 9.17) is 11.6 Å². The maximum Gasteiger partial charge on any atom is 0.433 e. The summed E-state index contributed by atoms with van der Waals surface area (Å²) in [7, 11) is 0. The van der Waals surface area contributed by atoms with E-state index in [1.807, 2.05) is 35.0 Å². The molecular weight excluding hydrogens is 351 g/mol. The van der Waals surface area contributed by atoms with Crippen LogP contribution >= 0.6 is 11.6 Å². The molecule has 0 atom stereocenters. The van der Waals surface area contributed by atoms with Crippen molar-refractivity contribution in [3.05, 3.63) is 82.4 Å². The van der Waals surface area contributed by atoms with Crippen molar-refractivity contribution < 1.29 is 13.2 Å². The number of nitrogens with zero attached hydrogens (tertiary/aromatic N) is 3. The van der Waals surface area contributed by atoms with Crippen molar-refractivity contribution in [3.63, 3.8) is 0 Å². The first-order valence-corrected chi connectivity index (χ1v) is 7.86. The number of aromatic nitrogens is 2. The number of pyridine rings is 1. The number of aliphatic imine (C=N–C) groups is 1. The summed E-state index contributed by atoms with van der Waals surface area (Å²) < 4.78 is 40.9. The van der Waals surface area contributed by atoms with Crippen molar-refractivity contribution in [3.8, 4) is 5.69 Å². The molecule has 1 aliphatic rings. The lowest BCUT2D eigenvalue weighted by Gasteiger charge is -2.12. The SMILES string of the molecule is FC(F)(F)c1cc(C2=NCc3c(Cl)cccc3-n3cccc32)ccn1. The second-order valence-corrected chi connectivity index (χ2v) is 6.00. The summed E-state index contributed by atoms with van der Waals surface area (Å²) in [5, 5.41) is 0.577. The van der Waals surface area contributed by atoms with E-state index >= 15 is 0 Å². The zero-order valence-corrected chi connectivity index (χ0v) is 13.5. The molecule has 0 amide bonds. The van der Waals surface area contributed by atoms with Crippen LogP contribution in [0, 0.1) is 0 Å². The quantitative estimate of drug-likeness (QED) is 0.606. The Labute approximate surface area is 146 Å². The number of rotatable bonds is 1. The monoisotopic (exact) mass is 361 g/mol. The molecule has 0 radical (unpaired) electrons. The van der Waals surface area contributed by atoms with E-state index in [0.29, 0.717) is 22.0 Å². The fourth-order valence-corrected chi connectivity index (χ4v) is 3.15. The van der Waals surface area contributed by atoms with Crippen molar-refractivity contribution in [2.45, 2.75) is 12.7 Å². The number of hydrogen-bond donors (Lipinski definition) is 0. The molecule has 3 heterocycles. The van der Waals surface area contributed by atoms with Gasteiger partial charge in [-0.1, -0.05) is 17.7 Å². The van der Waals surface area contributed by atoms with Gasteiger partial charge in [0.15, 0.2) is 0 Å². The van der Waals surface area contributed by atoms with Crippen molar-refractivity contribution in [2.75, 3.05) is 0 Å². The molecule has 0 saturated carbocycles. The molecule has 0 fully saturated rings. The van der Waals surface area contributed by atoms with Gasteiger partial charge in [0.2, 0.25) is 0 Å². The molecule has 25 heavy (non-hydrogen) atoms. The maximum absolute atomic E-state index is 13.0. The molecule has 1 aliphatic heterocycles. The summed E-state index contributed by atoms with van der Waals surface area (Å²) in [5.41, 5.74) is 2.32. The van der Waals surface area contributed by atoms with E-state index in [0.717, 1.165) is 23.5 Å². The van der Waals surface area contributed by atoms with E-state index in [-0.39, 0.29) is 6.54 Å². The van der Waals surface area contributed by atoms with E-state index in [2.05, 4.69) is 9.98 Å². The molecule has 0 spiro atoms. The highest BCUT2D eigenvalue weighted by Crippen LogP contribution is 2.31. The van der Waals surface area contributed by atoms with Gasteiger partial charge in [-0.05, 0) is 36.4 Å². The average molecular weight is 362 g/mol. The number of halogens is 4. The van der Waals surface area contributed by atoms with Crippen LogP contribution in [0.4, 0.5) is 13.2 Å². The highest BCUT2D eigenvalue weighted by atomic mass is 35.5. The minimum absolute atomic E-state index is 0.287. The van der Waals surface area contributed by atoms with Crippen molar-refractivity contribution in [2.24, 2.45) is 4.99 Å². The number of benzene rings is 1. The van der Waals surface area contributed by atoms with Gasteiger partial charge in [0.25, 0.3) is 0 Å². The molecule has 0 aliphatic carbocycles. The third-order valence-corrected chi connectivity index (χ3v) is 4.42. The number of alkyl halides is 3. The van der Waals surface area contributed by atoms with Crippen LogP contribution < -0.4 is 0 Å². The van der Waals surface area contributed by atoms with Crippen LogP contribution in [0.1, 0.15) is 22.5 Å². The lowest BCUT2D eigenvalue weighted by atomic mass is 10.1. The zero-order valence-electron chi connectivity index (χ0n) is 12.8. The second-order valence-electron chi connectivity index (χ2n) is 5.59. The predicted molar refractivity (Wildman–Crippen MR) is 89.4 cm³/mol. The first kappa shape index (κ1) is 15.9. The second kappa shape index (κ2) is 5.74. The van der Waals surface area contributed by atoms with E-state index in [1.165, 1.54) is 6.07 Å². The first-order chi connectivity index (χ1) is 11.9. The van der Waals surface area contributed by atoms with Crippen LogP contribution in [0.3, 0.4) is 0 Å². The zero-order chi connectivity index (χ0) is 17.6. The Morgan fingerprint density at radius 1 is 1.08 bits per heavy atom. The standard InChI is InChI=1S/C18H11ClF3N3/c19-13-3-1-4-14-12(13)10-24-17(15-5-2-8-25(14)15)11-6-7-23-16(9-11)18(20,21)22/h1-9H,10H2. The molecule has 3 aromatic rings. The Kier molecular flexibility index (Phi) is 3.65. The predicted octanol–water partition coefficient (Wildman–Crippen LogP) is 4.90. The molecule has 0 saturated heterocycles. The van der Waals surface area contributed by atoms with Crippen molar-refractivity contribution >= 4 is 17.3 Å². The fraction of sp³-hybridized carbons (Fsp3) is 0.111. The summed E-state index contributed by atoms with van der Waals surface area (Å²) in [6, 6.07) is 11.7. The summed E-state index contributed by atoms with van der Waals surface area (Å²) >= 11 is 6.29. The Morgan fingerprint density at radius 3 is 2.72 bits per heavy atom. The van der Waals surface area contributed by atoms with Crippen LogP contribution in [0.5, 0.6) is 0 Å². The molecule has 3 nitrogen and oxygen atoms in total. The molecule has 0 N–H and O–H groups in total. The first-order valence-electron chi connectivity index (χ1n) is 7.49. The van der Waals surface area contributed by atoms with Crippen LogP contribution in [-0.4, -0.2) is 15.3 Å². The number of fused-ring (bicyclic) bond motifs is 3. The number of hydrogen-bond acceptors (Lipinski definition) is 2. The minimum atomic E-state index is -4.50. The van der Waals surface area contributed by atoms with Gasteiger partial charge in [-0.3, -0.25) is 9.98 Å². The van der Waals surface area contributed by atoms with Crippen LogP contribution in [0.15, 0.2) is 59.9 Å². The largest absolute Gasteiger partial charge is 0.433 e. The summed E-state index contributed by atoms with van der Waals surface area (Å²) in [6.45, 7) is 0.287. The molecular formula is C18H11ClF3N3. The highest BCUT2D eigenvalue weighted by molar-refractivity contribution is 6.31. The third-order valence-electron chi connectivity index (χ3n) is 4.06. The Hall–Kier alpha value is -2.60. The molecule has 1 aromatic carbocycles.